The molecule has 1 heterocycles. The predicted octanol–water partition coefficient (Wildman–Crippen LogP) is 8.20. The Balaban J connectivity index is 1.36. The average Bonchev–Trinajstić information content (AvgIpc) is 3.79. The molecule has 0 amide bonds. The zero-order valence-corrected chi connectivity index (χ0v) is 24.1. The molecule has 2 aliphatic rings. The Morgan fingerprint density at radius 1 is 0.949 bits per heavy atom. The molecule has 3 aromatic carbocycles. The number of ether oxygens (including phenoxy) is 4. The molecule has 0 bridgehead atoms. The van der Waals surface area contributed by atoms with E-state index in [2.05, 4.69) is 62.4 Å². The number of benzene rings is 3. The lowest BCUT2D eigenvalue weighted by molar-refractivity contribution is -0.185. The number of hydrogen-bond donors (Lipinski definition) is 0. The second kappa shape index (κ2) is 13.3. The second-order valence-electron chi connectivity index (χ2n) is 11.1. The van der Waals surface area contributed by atoms with Crippen molar-refractivity contribution in [3.63, 3.8) is 0 Å². The first-order chi connectivity index (χ1) is 19.0. The summed E-state index contributed by atoms with van der Waals surface area (Å²) >= 11 is 6.69. The lowest BCUT2D eigenvalue weighted by Crippen LogP contribution is -2.46. The van der Waals surface area contributed by atoms with E-state index in [1.807, 2.05) is 31.2 Å². The van der Waals surface area contributed by atoms with E-state index in [-0.39, 0.29) is 24.4 Å². The third-order valence-electron chi connectivity index (χ3n) is 7.78. The molecule has 5 heteroatoms. The number of halogens is 1. The molecule has 1 saturated carbocycles. The lowest BCUT2D eigenvalue weighted by Gasteiger charge is -2.42. The maximum atomic E-state index is 6.84. The van der Waals surface area contributed by atoms with Crippen LogP contribution in [0.25, 0.3) is 0 Å². The minimum atomic E-state index is -0.0714. The standard InChI is InChI=1S/C34H41ClO4/c1-4-36-29-15-10-24(11-16-29)18-28-19-27(14-17-30(28)35)31-20-32(38-21-25-8-6-5-7-9-25)34(26-12-13-26)33(39-31)22-37-23(2)3/h5-11,14-17,19,23,26,31-34H,4,12-13,18,20-22H2,1-3H3. The molecule has 0 aromatic heterocycles. The third kappa shape index (κ3) is 7.64. The summed E-state index contributed by atoms with van der Waals surface area (Å²) in [7, 11) is 0. The Bertz CT molecular complexity index is 1180. The summed E-state index contributed by atoms with van der Waals surface area (Å²) in [6, 6.07) is 25.1. The van der Waals surface area contributed by atoms with Crippen LogP contribution < -0.4 is 4.74 Å². The highest BCUT2D eigenvalue weighted by atomic mass is 35.5. The number of hydrogen-bond acceptors (Lipinski definition) is 4. The van der Waals surface area contributed by atoms with Crippen molar-refractivity contribution in [1.82, 2.24) is 0 Å². The molecule has 208 valence electrons. The van der Waals surface area contributed by atoms with E-state index in [1.165, 1.54) is 24.0 Å². The summed E-state index contributed by atoms with van der Waals surface area (Å²) in [5.41, 5.74) is 4.65. The van der Waals surface area contributed by atoms with Crippen molar-refractivity contribution in [1.29, 1.82) is 0 Å². The summed E-state index contributed by atoms with van der Waals surface area (Å²) < 4.78 is 25.2. The van der Waals surface area contributed by atoms with Crippen LogP contribution in [0.4, 0.5) is 0 Å². The van der Waals surface area contributed by atoms with Crippen LogP contribution in [0.1, 0.15) is 68.4 Å². The minimum absolute atomic E-state index is 0.00432. The normalized spacial score (nSPS) is 23.2. The molecule has 39 heavy (non-hydrogen) atoms. The molecule has 4 unspecified atom stereocenters. The average molecular weight is 549 g/mol. The zero-order chi connectivity index (χ0) is 27.2. The molecule has 4 atom stereocenters. The SMILES string of the molecule is CCOc1ccc(Cc2cc(C3CC(OCc4ccccc4)C(C4CC4)C(COC(C)C)O3)ccc2Cl)cc1. The molecule has 0 N–H and O–H groups in total. The van der Waals surface area contributed by atoms with Gasteiger partial charge in [-0.15, -0.1) is 0 Å². The van der Waals surface area contributed by atoms with Gasteiger partial charge in [0.2, 0.25) is 0 Å². The monoisotopic (exact) mass is 548 g/mol. The molecular formula is C34H41ClO4. The maximum Gasteiger partial charge on any atom is 0.119 e. The molecule has 1 aliphatic heterocycles. The van der Waals surface area contributed by atoms with Crippen molar-refractivity contribution in [2.75, 3.05) is 13.2 Å². The molecule has 1 saturated heterocycles. The van der Waals surface area contributed by atoms with Gasteiger partial charge in [0.25, 0.3) is 0 Å². The smallest absolute Gasteiger partial charge is 0.119 e. The van der Waals surface area contributed by atoms with Crippen LogP contribution in [0.2, 0.25) is 5.02 Å². The van der Waals surface area contributed by atoms with Crippen molar-refractivity contribution in [3.05, 3.63) is 100 Å². The van der Waals surface area contributed by atoms with Gasteiger partial charge in [0.1, 0.15) is 5.75 Å². The topological polar surface area (TPSA) is 36.9 Å². The Kier molecular flexibility index (Phi) is 9.62. The van der Waals surface area contributed by atoms with Gasteiger partial charge in [-0.3, -0.25) is 0 Å². The largest absolute Gasteiger partial charge is 0.494 e. The summed E-state index contributed by atoms with van der Waals surface area (Å²) in [6.07, 6.45) is 4.28. The number of rotatable bonds is 12. The highest BCUT2D eigenvalue weighted by Crippen LogP contribution is 2.48. The zero-order valence-electron chi connectivity index (χ0n) is 23.4. The Labute approximate surface area is 238 Å². The molecule has 2 fully saturated rings. The second-order valence-corrected chi connectivity index (χ2v) is 11.5. The van der Waals surface area contributed by atoms with Gasteiger partial charge in [-0.25, -0.2) is 0 Å². The van der Waals surface area contributed by atoms with E-state index in [1.54, 1.807) is 0 Å². The van der Waals surface area contributed by atoms with Gasteiger partial charge < -0.3 is 18.9 Å². The first-order valence-corrected chi connectivity index (χ1v) is 14.8. The molecular weight excluding hydrogens is 508 g/mol. The van der Waals surface area contributed by atoms with Crippen LogP contribution in [0, 0.1) is 11.8 Å². The molecule has 0 radical (unpaired) electrons. The maximum absolute atomic E-state index is 6.84. The van der Waals surface area contributed by atoms with Gasteiger partial charge >= 0.3 is 0 Å². The van der Waals surface area contributed by atoms with Crippen LogP contribution >= 0.6 is 11.6 Å². The first-order valence-electron chi connectivity index (χ1n) is 14.4. The van der Waals surface area contributed by atoms with Gasteiger partial charge in [0.05, 0.1) is 44.2 Å². The third-order valence-corrected chi connectivity index (χ3v) is 8.15. The summed E-state index contributed by atoms with van der Waals surface area (Å²) in [4.78, 5) is 0. The quantitative estimate of drug-likeness (QED) is 0.228. The van der Waals surface area contributed by atoms with Crippen LogP contribution in [0.15, 0.2) is 72.8 Å². The van der Waals surface area contributed by atoms with Crippen LogP contribution in [-0.2, 0) is 27.2 Å². The molecule has 0 spiro atoms. The van der Waals surface area contributed by atoms with Crippen molar-refractivity contribution in [2.24, 2.45) is 11.8 Å². The Morgan fingerprint density at radius 3 is 2.41 bits per heavy atom. The minimum Gasteiger partial charge on any atom is -0.494 e. The summed E-state index contributed by atoms with van der Waals surface area (Å²) in [5, 5.41) is 0.774. The molecule has 5 rings (SSSR count). The van der Waals surface area contributed by atoms with E-state index in [9.17, 15) is 0 Å². The van der Waals surface area contributed by atoms with E-state index >= 15 is 0 Å². The highest BCUT2D eigenvalue weighted by molar-refractivity contribution is 6.31. The van der Waals surface area contributed by atoms with E-state index < -0.39 is 0 Å². The van der Waals surface area contributed by atoms with Gasteiger partial charge in [0, 0.05) is 17.4 Å². The van der Waals surface area contributed by atoms with Crippen molar-refractivity contribution < 1.29 is 18.9 Å². The van der Waals surface area contributed by atoms with Crippen LogP contribution in [0.5, 0.6) is 5.75 Å². The predicted molar refractivity (Wildman–Crippen MR) is 156 cm³/mol. The molecule has 4 nitrogen and oxygen atoms in total. The fourth-order valence-electron chi connectivity index (χ4n) is 5.68. The van der Waals surface area contributed by atoms with Crippen molar-refractivity contribution >= 4 is 11.6 Å². The Morgan fingerprint density at radius 2 is 1.72 bits per heavy atom. The lowest BCUT2D eigenvalue weighted by atomic mass is 9.83. The van der Waals surface area contributed by atoms with Gasteiger partial charge in [-0.2, -0.15) is 0 Å². The fraction of sp³-hybridized carbons (Fsp3) is 0.471. The first kappa shape index (κ1) is 28.2. The van der Waals surface area contributed by atoms with Crippen molar-refractivity contribution in [2.45, 2.75) is 77.5 Å². The fourth-order valence-corrected chi connectivity index (χ4v) is 5.87. The van der Waals surface area contributed by atoms with Crippen molar-refractivity contribution in [3.8, 4) is 5.75 Å². The van der Waals surface area contributed by atoms with Gasteiger partial charge in [0.15, 0.2) is 0 Å². The highest BCUT2D eigenvalue weighted by Gasteiger charge is 2.47. The molecule has 1 aliphatic carbocycles. The van der Waals surface area contributed by atoms with Crippen LogP contribution in [-0.4, -0.2) is 31.5 Å². The van der Waals surface area contributed by atoms with Gasteiger partial charge in [-0.1, -0.05) is 66.2 Å². The van der Waals surface area contributed by atoms with E-state index in [0.29, 0.717) is 31.7 Å². The van der Waals surface area contributed by atoms with Crippen LogP contribution in [0.3, 0.4) is 0 Å². The van der Waals surface area contributed by atoms with E-state index in [0.717, 1.165) is 34.7 Å². The van der Waals surface area contributed by atoms with E-state index in [4.69, 9.17) is 30.5 Å². The summed E-state index contributed by atoms with van der Waals surface area (Å²) in [6.45, 7) is 8.03. The Hall–Kier alpha value is -2.37. The molecule has 3 aromatic rings. The summed E-state index contributed by atoms with van der Waals surface area (Å²) in [5.74, 6) is 1.88. The van der Waals surface area contributed by atoms with Gasteiger partial charge in [-0.05, 0) is 86.4 Å².